The number of non-ortho nitro benzene ring substituents is 1. The lowest BCUT2D eigenvalue weighted by Gasteiger charge is -2.19. The van der Waals surface area contributed by atoms with E-state index >= 15 is 0 Å². The largest absolute Gasteiger partial charge is 0.743 e. The molecular weight excluding hydrogens is 801 g/mol. The Kier molecular flexibility index (Phi) is 8.72. The first-order valence-electron chi connectivity index (χ1n) is 7.79. The standard InChI is InChI=1S/C16H8F2I3NO9S/c17-16(18,32(27,28)29)6-30-14(23)7-1-9(22(25)26)5-10(2-7)31-15(24)11-3-8(19)4-12(20)13(11)21/h1-5H,6H2,(H,27,28,29)/p-1. The van der Waals surface area contributed by atoms with E-state index in [1.807, 2.05) is 67.8 Å². The number of esters is 2. The molecule has 0 saturated carbocycles. The molecule has 2 aromatic rings. The lowest BCUT2D eigenvalue weighted by atomic mass is 10.2. The predicted octanol–water partition coefficient (Wildman–Crippen LogP) is 3.92. The Labute approximate surface area is 219 Å². The second-order valence-corrected chi connectivity index (χ2v) is 10.8. The van der Waals surface area contributed by atoms with Crippen molar-refractivity contribution in [1.82, 2.24) is 0 Å². The van der Waals surface area contributed by atoms with Gasteiger partial charge in [0.25, 0.3) is 5.69 Å². The zero-order valence-corrected chi connectivity index (χ0v) is 22.3. The summed E-state index contributed by atoms with van der Waals surface area (Å²) in [5, 5.41) is 6.24. The van der Waals surface area contributed by atoms with E-state index in [0.29, 0.717) is 13.2 Å². The summed E-state index contributed by atoms with van der Waals surface area (Å²) in [5.74, 6) is -2.98. The minimum atomic E-state index is -6.11. The van der Waals surface area contributed by atoms with Gasteiger partial charge in [0.1, 0.15) is 5.75 Å². The highest BCUT2D eigenvalue weighted by molar-refractivity contribution is 14.1. The summed E-state index contributed by atoms with van der Waals surface area (Å²) in [5.41, 5.74) is -1.29. The predicted molar refractivity (Wildman–Crippen MR) is 128 cm³/mol. The molecule has 0 spiro atoms. The number of nitrogens with zero attached hydrogens (tertiary/aromatic N) is 1. The van der Waals surface area contributed by atoms with Crippen LogP contribution in [-0.2, 0) is 14.9 Å². The minimum absolute atomic E-state index is 0.137. The number of hydrogen-bond donors (Lipinski definition) is 0. The number of halogens is 5. The van der Waals surface area contributed by atoms with Gasteiger partial charge in [-0.2, -0.15) is 8.78 Å². The van der Waals surface area contributed by atoms with Crippen molar-refractivity contribution in [2.24, 2.45) is 0 Å². The van der Waals surface area contributed by atoms with E-state index in [2.05, 4.69) is 4.74 Å². The summed E-state index contributed by atoms with van der Waals surface area (Å²) in [6.45, 7) is -2.10. The molecule has 0 heterocycles. The van der Waals surface area contributed by atoms with Crippen molar-refractivity contribution in [3.63, 3.8) is 0 Å². The van der Waals surface area contributed by atoms with Gasteiger partial charge >= 0.3 is 17.2 Å². The quantitative estimate of drug-likeness (QED) is 0.0771. The summed E-state index contributed by atoms with van der Waals surface area (Å²) in [4.78, 5) is 34.8. The number of benzene rings is 2. The van der Waals surface area contributed by atoms with Crippen molar-refractivity contribution in [3.8, 4) is 5.75 Å². The molecule has 0 aromatic heterocycles. The van der Waals surface area contributed by atoms with E-state index in [4.69, 9.17) is 4.74 Å². The zero-order valence-electron chi connectivity index (χ0n) is 15.0. The lowest BCUT2D eigenvalue weighted by Crippen LogP contribution is -2.34. The van der Waals surface area contributed by atoms with E-state index in [1.165, 1.54) is 6.07 Å². The van der Waals surface area contributed by atoms with Crippen molar-refractivity contribution >= 4 is 95.5 Å². The van der Waals surface area contributed by atoms with E-state index in [0.717, 1.165) is 15.7 Å². The highest BCUT2D eigenvalue weighted by Gasteiger charge is 2.39. The molecule has 16 heteroatoms. The second-order valence-electron chi connectivity index (χ2n) is 5.78. The van der Waals surface area contributed by atoms with Crippen LogP contribution < -0.4 is 4.74 Å². The first-order chi connectivity index (χ1) is 14.6. The summed E-state index contributed by atoms with van der Waals surface area (Å²) in [6, 6.07) is 5.56. The Morgan fingerprint density at radius 1 is 1.06 bits per heavy atom. The fourth-order valence-electron chi connectivity index (χ4n) is 2.04. The first kappa shape index (κ1) is 27.0. The highest BCUT2D eigenvalue weighted by Crippen LogP contribution is 2.28. The number of carbonyl (C=O) groups excluding carboxylic acids is 2. The summed E-state index contributed by atoms with van der Waals surface area (Å²) in [6.07, 6.45) is 0. The van der Waals surface area contributed by atoms with Crippen LogP contribution in [0.15, 0.2) is 30.3 Å². The van der Waals surface area contributed by atoms with E-state index < -0.39 is 55.8 Å². The molecule has 2 rings (SSSR count). The van der Waals surface area contributed by atoms with Gasteiger partial charge in [0.15, 0.2) is 16.7 Å². The number of alkyl halides is 2. The second kappa shape index (κ2) is 10.3. The number of carbonyl (C=O) groups is 2. The fourth-order valence-corrected chi connectivity index (χ4v) is 4.62. The fraction of sp³-hybridized carbons (Fsp3) is 0.125. The average Bonchev–Trinajstić information content (AvgIpc) is 2.67. The van der Waals surface area contributed by atoms with Crippen molar-refractivity contribution in [1.29, 1.82) is 0 Å². The highest BCUT2D eigenvalue weighted by atomic mass is 127. The van der Waals surface area contributed by atoms with Crippen LogP contribution in [0.2, 0.25) is 0 Å². The number of nitro groups is 1. The SMILES string of the molecule is O=C(OCC(F)(F)S(=O)(=O)[O-])c1cc(OC(=O)c2cc(I)cc(I)c2I)cc([N+](=O)[O-])c1. The van der Waals surface area contributed by atoms with Gasteiger partial charge in [0.05, 0.1) is 22.1 Å². The van der Waals surface area contributed by atoms with Gasteiger partial charge < -0.3 is 14.0 Å². The molecule has 32 heavy (non-hydrogen) atoms. The Balaban J connectivity index is 2.35. The summed E-state index contributed by atoms with van der Waals surface area (Å²) < 4.78 is 69.1. The third-order valence-electron chi connectivity index (χ3n) is 3.50. The topological polar surface area (TPSA) is 153 Å². The molecule has 0 N–H and O–H groups in total. The molecule has 0 aliphatic carbocycles. The summed E-state index contributed by atoms with van der Waals surface area (Å²) in [7, 11) is -6.11. The van der Waals surface area contributed by atoms with Crippen LogP contribution in [0.25, 0.3) is 0 Å². The third kappa shape index (κ3) is 6.63. The molecule has 172 valence electrons. The van der Waals surface area contributed by atoms with Gasteiger partial charge in [-0.3, -0.25) is 10.1 Å². The normalized spacial score (nSPS) is 11.7. The van der Waals surface area contributed by atoms with Crippen molar-refractivity contribution in [3.05, 3.63) is 62.3 Å². The monoisotopic (exact) mass is 808 g/mol. The van der Waals surface area contributed by atoms with Crippen LogP contribution in [0.1, 0.15) is 20.7 Å². The molecule has 0 aliphatic heterocycles. The van der Waals surface area contributed by atoms with Crippen LogP contribution in [-0.4, -0.2) is 41.7 Å². The Bertz CT molecular complexity index is 1220. The van der Waals surface area contributed by atoms with Crippen LogP contribution >= 0.6 is 67.8 Å². The molecule has 2 aromatic carbocycles. The van der Waals surface area contributed by atoms with Gasteiger partial charge in [0, 0.05) is 16.8 Å². The molecule has 0 unspecified atom stereocenters. The molecule has 0 fully saturated rings. The number of rotatable bonds is 7. The van der Waals surface area contributed by atoms with Crippen molar-refractivity contribution < 1.29 is 45.7 Å². The Morgan fingerprint density at radius 3 is 2.25 bits per heavy atom. The summed E-state index contributed by atoms with van der Waals surface area (Å²) >= 11 is 5.86. The Morgan fingerprint density at radius 2 is 1.69 bits per heavy atom. The minimum Gasteiger partial charge on any atom is -0.743 e. The number of hydrogen-bond acceptors (Lipinski definition) is 9. The van der Waals surface area contributed by atoms with Crippen LogP contribution in [0.3, 0.4) is 0 Å². The maximum atomic E-state index is 13.2. The van der Waals surface area contributed by atoms with Gasteiger partial charge in [-0.15, -0.1) is 0 Å². The smallest absolute Gasteiger partial charge is 0.367 e. The number of nitro benzene ring substituents is 1. The third-order valence-corrected chi connectivity index (χ3v) is 8.02. The molecule has 10 nitrogen and oxygen atoms in total. The van der Waals surface area contributed by atoms with Crippen molar-refractivity contribution in [2.75, 3.05) is 6.61 Å². The maximum Gasteiger partial charge on any atom is 0.367 e. The van der Waals surface area contributed by atoms with Gasteiger partial charge in [0.2, 0.25) is 0 Å². The van der Waals surface area contributed by atoms with E-state index in [1.54, 1.807) is 6.07 Å². The molecule has 0 bridgehead atoms. The Hall–Kier alpha value is -1.26. The van der Waals surface area contributed by atoms with E-state index in [9.17, 15) is 41.5 Å². The molecule has 0 atom stereocenters. The van der Waals surface area contributed by atoms with E-state index in [-0.39, 0.29) is 5.56 Å². The lowest BCUT2D eigenvalue weighted by molar-refractivity contribution is -0.384. The zero-order chi connectivity index (χ0) is 24.4. The number of ether oxygens (including phenoxy) is 2. The molecule has 0 amide bonds. The molecule has 0 saturated heterocycles. The van der Waals surface area contributed by atoms with Crippen molar-refractivity contribution in [2.45, 2.75) is 5.25 Å². The molecule has 0 aliphatic rings. The maximum absolute atomic E-state index is 13.2. The average molecular weight is 808 g/mol. The molecule has 0 radical (unpaired) electrons. The van der Waals surface area contributed by atoms with Gasteiger partial charge in [-0.1, -0.05) is 0 Å². The first-order valence-corrected chi connectivity index (χ1v) is 12.4. The van der Waals surface area contributed by atoms with Gasteiger partial charge in [-0.05, 0) is 86.0 Å². The van der Waals surface area contributed by atoms with Crippen LogP contribution in [0.4, 0.5) is 14.5 Å². The van der Waals surface area contributed by atoms with Crippen LogP contribution in [0, 0.1) is 20.8 Å². The van der Waals surface area contributed by atoms with Gasteiger partial charge in [-0.25, -0.2) is 18.0 Å². The molecular formula is C16H7F2I3NO9S-. The van der Waals surface area contributed by atoms with Crippen LogP contribution in [0.5, 0.6) is 5.75 Å².